The molecule has 0 saturated heterocycles. The van der Waals surface area contributed by atoms with Crippen molar-refractivity contribution >= 4 is 22.3 Å². The molecule has 0 amide bonds. The Hall–Kier alpha value is -3.31. The molecule has 1 atom stereocenters. The van der Waals surface area contributed by atoms with E-state index in [1.807, 2.05) is 19.1 Å². The largest absolute Gasteiger partial charge is 0.312 e. The van der Waals surface area contributed by atoms with Crippen LogP contribution in [0.15, 0.2) is 72.8 Å². The highest BCUT2D eigenvalue weighted by Gasteiger charge is 2.20. The molecule has 0 spiro atoms. The van der Waals surface area contributed by atoms with Gasteiger partial charge in [0.2, 0.25) is 0 Å². The van der Waals surface area contributed by atoms with Crippen molar-refractivity contribution < 1.29 is 0 Å². The molecule has 2 heteroatoms. The van der Waals surface area contributed by atoms with Gasteiger partial charge in [0, 0.05) is 34.0 Å². The molecule has 0 saturated carbocycles. The first-order valence-electron chi connectivity index (χ1n) is 9.25. The molecular weight excluding hydrogens is 328 g/mol. The van der Waals surface area contributed by atoms with Crippen LogP contribution in [0.1, 0.15) is 36.1 Å². The fourth-order valence-corrected chi connectivity index (χ4v) is 3.99. The normalized spacial score (nSPS) is 16.1. The maximum Gasteiger partial charge on any atom is 0.0538 e. The van der Waals surface area contributed by atoms with Crippen LogP contribution in [0.5, 0.6) is 0 Å². The van der Waals surface area contributed by atoms with E-state index in [0.29, 0.717) is 18.1 Å². The van der Waals surface area contributed by atoms with Gasteiger partial charge in [-0.25, -0.2) is 0 Å². The molecule has 2 nitrogen and oxygen atoms in total. The van der Waals surface area contributed by atoms with E-state index < -0.39 is 0 Å². The number of hydrogen-bond acceptors (Lipinski definition) is 1. The van der Waals surface area contributed by atoms with Crippen molar-refractivity contribution in [3.05, 3.63) is 89.6 Å². The van der Waals surface area contributed by atoms with Crippen LogP contribution in [0, 0.1) is 17.8 Å². The summed E-state index contributed by atoms with van der Waals surface area (Å²) in [6.07, 6.45) is 13.9. The average molecular weight is 350 g/mol. The molecule has 1 unspecified atom stereocenters. The van der Waals surface area contributed by atoms with Crippen molar-refractivity contribution in [1.29, 1.82) is 5.41 Å². The van der Waals surface area contributed by atoms with Crippen molar-refractivity contribution in [3.8, 4) is 12.3 Å². The predicted octanol–water partition coefficient (Wildman–Crippen LogP) is 5.79. The fourth-order valence-electron chi connectivity index (χ4n) is 3.99. The third-order valence-electron chi connectivity index (χ3n) is 5.18. The molecule has 3 aromatic rings. The van der Waals surface area contributed by atoms with Gasteiger partial charge in [-0.2, -0.15) is 0 Å². The number of fused-ring (bicyclic) bond motifs is 1. The summed E-state index contributed by atoms with van der Waals surface area (Å²) in [6, 6.07) is 18.8. The topological polar surface area (TPSA) is 28.8 Å². The summed E-state index contributed by atoms with van der Waals surface area (Å²) in [6.45, 7) is 1.84. The molecule has 0 bridgehead atoms. The van der Waals surface area contributed by atoms with E-state index >= 15 is 0 Å². The van der Waals surface area contributed by atoms with Gasteiger partial charge in [-0.05, 0) is 31.1 Å². The lowest BCUT2D eigenvalue weighted by molar-refractivity contribution is 0.846. The molecule has 4 rings (SSSR count). The lowest BCUT2D eigenvalue weighted by atomic mass is 9.91. The molecule has 1 N–H and O–H groups in total. The summed E-state index contributed by atoms with van der Waals surface area (Å²) in [5.41, 5.74) is 6.12. The van der Waals surface area contributed by atoms with Crippen LogP contribution in [0.3, 0.4) is 0 Å². The number of para-hydroxylation sites is 1. The Morgan fingerprint density at radius 3 is 2.56 bits per heavy atom. The predicted molar refractivity (Wildman–Crippen MR) is 114 cm³/mol. The highest BCUT2D eigenvalue weighted by molar-refractivity contribution is 6.10. The molecule has 1 aromatic heterocycles. The molecular formula is C25H22N2. The lowest BCUT2D eigenvalue weighted by Crippen LogP contribution is -2.07. The first-order valence-corrected chi connectivity index (χ1v) is 9.25. The molecule has 1 heterocycles. The SMILES string of the molecule is C#CCc1c(C(C)=N)c2ccccc2n1C1=CCC(c2ccccc2)C=C1. The Balaban J connectivity index is 1.82. The minimum Gasteiger partial charge on any atom is -0.312 e. The van der Waals surface area contributed by atoms with E-state index in [1.165, 1.54) is 5.56 Å². The minimum absolute atomic E-state index is 0.400. The van der Waals surface area contributed by atoms with Crippen LogP contribution in [0.2, 0.25) is 0 Å². The lowest BCUT2D eigenvalue weighted by Gasteiger charge is -2.19. The number of benzene rings is 2. The maximum atomic E-state index is 8.29. The zero-order chi connectivity index (χ0) is 18.8. The average Bonchev–Trinajstić information content (AvgIpc) is 3.03. The van der Waals surface area contributed by atoms with Gasteiger partial charge < -0.3 is 9.98 Å². The zero-order valence-corrected chi connectivity index (χ0v) is 15.4. The van der Waals surface area contributed by atoms with Crippen molar-refractivity contribution in [2.24, 2.45) is 0 Å². The maximum absolute atomic E-state index is 8.29. The van der Waals surface area contributed by atoms with E-state index in [1.54, 1.807) is 0 Å². The van der Waals surface area contributed by atoms with Gasteiger partial charge in [0.25, 0.3) is 0 Å². The third-order valence-corrected chi connectivity index (χ3v) is 5.18. The van der Waals surface area contributed by atoms with E-state index in [0.717, 1.165) is 34.3 Å². The summed E-state index contributed by atoms with van der Waals surface area (Å²) < 4.78 is 2.24. The summed E-state index contributed by atoms with van der Waals surface area (Å²) in [4.78, 5) is 0. The minimum atomic E-state index is 0.400. The van der Waals surface area contributed by atoms with Crippen LogP contribution >= 0.6 is 0 Å². The van der Waals surface area contributed by atoms with Gasteiger partial charge in [-0.3, -0.25) is 0 Å². The molecule has 1 aliphatic rings. The molecule has 1 aliphatic carbocycles. The first-order chi connectivity index (χ1) is 13.2. The Bertz CT molecular complexity index is 1100. The molecule has 0 aliphatic heterocycles. The molecule has 27 heavy (non-hydrogen) atoms. The highest BCUT2D eigenvalue weighted by Crippen LogP contribution is 2.34. The molecule has 0 radical (unpaired) electrons. The fraction of sp³-hybridized carbons (Fsp3) is 0.160. The summed E-state index contributed by atoms with van der Waals surface area (Å²) in [5.74, 6) is 3.19. The molecule has 0 fully saturated rings. The van der Waals surface area contributed by atoms with Crippen molar-refractivity contribution in [2.45, 2.75) is 25.7 Å². The van der Waals surface area contributed by atoms with Crippen LogP contribution in [0.4, 0.5) is 0 Å². The van der Waals surface area contributed by atoms with E-state index in [-0.39, 0.29) is 0 Å². The van der Waals surface area contributed by atoms with Crippen LogP contribution in [-0.4, -0.2) is 10.3 Å². The van der Waals surface area contributed by atoms with Gasteiger partial charge in [0.05, 0.1) is 11.9 Å². The van der Waals surface area contributed by atoms with Gasteiger partial charge in [-0.15, -0.1) is 12.3 Å². The number of aromatic nitrogens is 1. The first kappa shape index (κ1) is 17.1. The van der Waals surface area contributed by atoms with E-state index in [4.69, 9.17) is 11.8 Å². The van der Waals surface area contributed by atoms with Gasteiger partial charge in [0.15, 0.2) is 0 Å². The number of hydrogen-bond donors (Lipinski definition) is 1. The number of allylic oxidation sites excluding steroid dienone is 4. The molecule has 2 aromatic carbocycles. The Morgan fingerprint density at radius 1 is 1.15 bits per heavy atom. The number of nitrogens with one attached hydrogen (secondary N) is 1. The standard InChI is InChI=1S/C25H22N2/c1-3-9-24-25(18(2)26)22-12-7-8-13-23(22)27(24)21-16-14-20(15-17-21)19-10-5-4-6-11-19/h1,4-8,10-14,16-17,20,26H,9,15H2,2H3. The Kier molecular flexibility index (Phi) is 4.52. The van der Waals surface area contributed by atoms with Gasteiger partial charge in [0.1, 0.15) is 0 Å². The summed E-state index contributed by atoms with van der Waals surface area (Å²) >= 11 is 0. The smallest absolute Gasteiger partial charge is 0.0538 e. The number of nitrogens with zero attached hydrogens (tertiary/aromatic N) is 1. The van der Waals surface area contributed by atoms with Crippen LogP contribution in [-0.2, 0) is 6.42 Å². The Labute approximate surface area is 160 Å². The quantitative estimate of drug-likeness (QED) is 0.456. The van der Waals surface area contributed by atoms with E-state index in [2.05, 4.69) is 71.2 Å². The molecule has 132 valence electrons. The highest BCUT2D eigenvalue weighted by atomic mass is 15.0. The van der Waals surface area contributed by atoms with Gasteiger partial charge >= 0.3 is 0 Å². The number of terminal acetylenes is 1. The van der Waals surface area contributed by atoms with Crippen LogP contribution in [0.25, 0.3) is 16.6 Å². The van der Waals surface area contributed by atoms with E-state index in [9.17, 15) is 0 Å². The summed E-state index contributed by atoms with van der Waals surface area (Å²) in [7, 11) is 0. The summed E-state index contributed by atoms with van der Waals surface area (Å²) in [5, 5.41) is 9.38. The second kappa shape index (κ2) is 7.13. The van der Waals surface area contributed by atoms with Crippen molar-refractivity contribution in [1.82, 2.24) is 4.57 Å². The van der Waals surface area contributed by atoms with Crippen molar-refractivity contribution in [2.75, 3.05) is 0 Å². The van der Waals surface area contributed by atoms with Crippen LogP contribution < -0.4 is 0 Å². The number of rotatable bonds is 4. The second-order valence-electron chi connectivity index (χ2n) is 6.92. The monoisotopic (exact) mass is 350 g/mol. The Morgan fingerprint density at radius 2 is 1.89 bits per heavy atom. The third kappa shape index (κ3) is 3.02. The van der Waals surface area contributed by atoms with Gasteiger partial charge in [-0.1, -0.05) is 60.7 Å². The van der Waals surface area contributed by atoms with Crippen molar-refractivity contribution in [3.63, 3.8) is 0 Å². The second-order valence-corrected chi connectivity index (χ2v) is 6.92. The zero-order valence-electron chi connectivity index (χ0n) is 15.4.